The molecule has 0 saturated carbocycles. The van der Waals surface area contributed by atoms with Crippen LogP contribution in [0.5, 0.6) is 0 Å². The van der Waals surface area contributed by atoms with Gasteiger partial charge in [0.2, 0.25) is 0 Å². The van der Waals surface area contributed by atoms with Crippen LogP contribution in [0.1, 0.15) is 22.3 Å². The van der Waals surface area contributed by atoms with Crippen LogP contribution in [0.25, 0.3) is 64.7 Å². The Labute approximate surface area is 336 Å². The van der Waals surface area contributed by atoms with Crippen molar-refractivity contribution in [3.05, 3.63) is 235 Å². The van der Waals surface area contributed by atoms with Gasteiger partial charge in [0, 0.05) is 37.2 Å². The third-order valence-corrected chi connectivity index (χ3v) is 13.4. The van der Waals surface area contributed by atoms with E-state index in [4.69, 9.17) is 0 Å². The van der Waals surface area contributed by atoms with Crippen molar-refractivity contribution in [1.82, 2.24) is 0 Å². The van der Waals surface area contributed by atoms with E-state index < -0.39 is 0 Å². The third kappa shape index (κ3) is 4.75. The van der Waals surface area contributed by atoms with Crippen LogP contribution in [0.15, 0.2) is 212 Å². The van der Waals surface area contributed by atoms with Crippen LogP contribution in [-0.4, -0.2) is 0 Å². The van der Waals surface area contributed by atoms with Gasteiger partial charge in [-0.2, -0.15) is 0 Å². The second kappa shape index (κ2) is 12.5. The van der Waals surface area contributed by atoms with E-state index in [2.05, 4.69) is 217 Å². The zero-order chi connectivity index (χ0) is 37.5. The molecular weight excluding hydrogens is 707 g/mol. The maximum Gasteiger partial charge on any atom is 0.0725 e. The number of thiophene rings is 1. The Balaban J connectivity index is 0.984. The average Bonchev–Trinajstić information content (AvgIpc) is 3.91. The van der Waals surface area contributed by atoms with E-state index in [-0.39, 0.29) is 5.41 Å². The zero-order valence-corrected chi connectivity index (χ0v) is 31.9. The molecule has 0 radical (unpaired) electrons. The fourth-order valence-electron chi connectivity index (χ4n) is 9.81. The first kappa shape index (κ1) is 32.3. The van der Waals surface area contributed by atoms with Crippen molar-refractivity contribution >= 4 is 48.6 Å². The van der Waals surface area contributed by atoms with Crippen LogP contribution < -0.4 is 4.90 Å². The van der Waals surface area contributed by atoms with Crippen molar-refractivity contribution in [3.63, 3.8) is 0 Å². The quantitative estimate of drug-likeness (QED) is 0.170. The standard InChI is InChI=1S/C55H35NS/c1-2-12-36(13-3-1)37-22-27-40(28-23-37)56(42-31-33-48-47-17-7-11-21-53(47)57-54(48)35-42)41-29-24-38(25-30-41)39-26-32-46-45-16-6-10-20-51(45)55(52(46)34-39)49-18-8-4-14-43(49)44-15-5-9-19-50(44)55/h1-35H. The Morgan fingerprint density at radius 2 is 0.754 bits per heavy atom. The topological polar surface area (TPSA) is 3.24 Å². The third-order valence-electron chi connectivity index (χ3n) is 12.3. The summed E-state index contributed by atoms with van der Waals surface area (Å²) in [4.78, 5) is 2.39. The molecule has 0 unspecified atom stereocenters. The number of fused-ring (bicyclic) bond motifs is 13. The van der Waals surface area contributed by atoms with Crippen LogP contribution in [0.4, 0.5) is 17.1 Å². The molecule has 0 bridgehead atoms. The highest BCUT2D eigenvalue weighted by Crippen LogP contribution is 2.63. The Kier molecular flexibility index (Phi) is 7.08. The summed E-state index contributed by atoms with van der Waals surface area (Å²) >= 11 is 1.86. The summed E-state index contributed by atoms with van der Waals surface area (Å²) in [5, 5.41) is 2.62. The highest BCUT2D eigenvalue weighted by molar-refractivity contribution is 7.25. The first-order valence-electron chi connectivity index (χ1n) is 19.7. The van der Waals surface area contributed by atoms with Gasteiger partial charge in [-0.05, 0) is 115 Å². The molecule has 0 amide bonds. The molecule has 266 valence electrons. The zero-order valence-electron chi connectivity index (χ0n) is 31.1. The van der Waals surface area contributed by atoms with Gasteiger partial charge in [0.05, 0.1) is 5.41 Å². The van der Waals surface area contributed by atoms with E-state index in [0.717, 1.165) is 17.1 Å². The van der Waals surface area contributed by atoms with Gasteiger partial charge in [0.1, 0.15) is 0 Å². The highest BCUT2D eigenvalue weighted by Gasteiger charge is 2.51. The van der Waals surface area contributed by atoms with E-state index in [1.807, 2.05) is 11.3 Å². The SMILES string of the molecule is c1ccc(-c2ccc(N(c3ccc(-c4ccc5c(c4)C4(c6ccccc6-c6ccccc64)c4ccccc4-5)cc3)c3ccc4c(c3)sc3ccccc34)cc2)cc1. The van der Waals surface area contributed by atoms with Gasteiger partial charge in [0.15, 0.2) is 0 Å². The van der Waals surface area contributed by atoms with Crippen molar-refractivity contribution < 1.29 is 0 Å². The minimum atomic E-state index is -0.358. The fraction of sp³-hybridized carbons (Fsp3) is 0.0182. The summed E-state index contributed by atoms with van der Waals surface area (Å²) in [5.74, 6) is 0. The van der Waals surface area contributed by atoms with Gasteiger partial charge in [-0.15, -0.1) is 11.3 Å². The summed E-state index contributed by atoms with van der Waals surface area (Å²) < 4.78 is 2.61. The first-order chi connectivity index (χ1) is 28.3. The normalized spacial score (nSPS) is 13.1. The van der Waals surface area contributed by atoms with Gasteiger partial charge in [-0.1, -0.05) is 164 Å². The monoisotopic (exact) mass is 741 g/mol. The number of nitrogens with zero attached hydrogens (tertiary/aromatic N) is 1. The molecule has 2 heteroatoms. The van der Waals surface area contributed by atoms with Crippen molar-refractivity contribution in [2.45, 2.75) is 5.41 Å². The molecule has 57 heavy (non-hydrogen) atoms. The minimum Gasteiger partial charge on any atom is -0.310 e. The predicted octanol–water partition coefficient (Wildman–Crippen LogP) is 15.2. The average molecular weight is 742 g/mol. The molecule has 1 heterocycles. The minimum absolute atomic E-state index is 0.358. The summed E-state index contributed by atoms with van der Waals surface area (Å²) in [7, 11) is 0. The molecule has 1 nitrogen and oxygen atoms in total. The fourth-order valence-corrected chi connectivity index (χ4v) is 11.0. The van der Waals surface area contributed by atoms with Crippen molar-refractivity contribution in [1.29, 1.82) is 0 Å². The Morgan fingerprint density at radius 1 is 0.298 bits per heavy atom. The lowest BCUT2D eigenvalue weighted by molar-refractivity contribution is 0.794. The van der Waals surface area contributed by atoms with Gasteiger partial charge < -0.3 is 4.90 Å². The summed E-state index contributed by atoms with van der Waals surface area (Å²) in [6, 6.07) is 78.6. The van der Waals surface area contributed by atoms with E-state index >= 15 is 0 Å². The number of benzene rings is 9. The molecule has 1 aromatic heterocycles. The Hall–Kier alpha value is -7.00. The van der Waals surface area contributed by atoms with E-state index in [0.29, 0.717) is 0 Å². The second-order valence-electron chi connectivity index (χ2n) is 15.2. The van der Waals surface area contributed by atoms with Crippen LogP contribution in [-0.2, 0) is 5.41 Å². The molecule has 0 saturated heterocycles. The Morgan fingerprint density at radius 3 is 1.39 bits per heavy atom. The van der Waals surface area contributed by atoms with Crippen LogP contribution in [0.3, 0.4) is 0 Å². The van der Waals surface area contributed by atoms with Crippen molar-refractivity contribution in [2.24, 2.45) is 0 Å². The smallest absolute Gasteiger partial charge is 0.0725 e. The number of hydrogen-bond donors (Lipinski definition) is 0. The second-order valence-corrected chi connectivity index (χ2v) is 16.3. The summed E-state index contributed by atoms with van der Waals surface area (Å²) in [5.41, 5.74) is 18.7. The van der Waals surface area contributed by atoms with E-state index in [9.17, 15) is 0 Å². The molecule has 0 N–H and O–H groups in total. The first-order valence-corrected chi connectivity index (χ1v) is 20.5. The number of anilines is 3. The van der Waals surface area contributed by atoms with Gasteiger partial charge in [-0.25, -0.2) is 0 Å². The van der Waals surface area contributed by atoms with E-state index in [1.54, 1.807) is 0 Å². The Bertz CT molecular complexity index is 3110. The van der Waals surface area contributed by atoms with Crippen LogP contribution in [0, 0.1) is 0 Å². The van der Waals surface area contributed by atoms with Crippen molar-refractivity contribution in [2.75, 3.05) is 4.90 Å². The van der Waals surface area contributed by atoms with Gasteiger partial charge in [-0.3, -0.25) is 0 Å². The van der Waals surface area contributed by atoms with Crippen molar-refractivity contribution in [3.8, 4) is 44.5 Å². The molecule has 12 rings (SSSR count). The maximum absolute atomic E-state index is 2.47. The lowest BCUT2D eigenvalue weighted by Gasteiger charge is -2.30. The summed E-state index contributed by atoms with van der Waals surface area (Å²) in [6.07, 6.45) is 0. The molecule has 0 aliphatic heterocycles. The lowest BCUT2D eigenvalue weighted by atomic mass is 9.70. The van der Waals surface area contributed by atoms with Crippen LogP contribution >= 0.6 is 11.3 Å². The predicted molar refractivity (Wildman–Crippen MR) is 241 cm³/mol. The number of rotatable bonds is 5. The lowest BCUT2D eigenvalue weighted by Crippen LogP contribution is -2.25. The van der Waals surface area contributed by atoms with E-state index in [1.165, 1.54) is 86.9 Å². The molecule has 2 aliphatic carbocycles. The molecule has 0 atom stereocenters. The van der Waals surface area contributed by atoms with Crippen LogP contribution in [0.2, 0.25) is 0 Å². The van der Waals surface area contributed by atoms with Gasteiger partial charge >= 0.3 is 0 Å². The molecule has 2 aliphatic rings. The molecular formula is C55H35NS. The largest absolute Gasteiger partial charge is 0.310 e. The summed E-state index contributed by atoms with van der Waals surface area (Å²) in [6.45, 7) is 0. The molecule has 0 fully saturated rings. The molecule has 1 spiro atoms. The number of hydrogen-bond acceptors (Lipinski definition) is 2. The molecule has 9 aromatic carbocycles. The highest BCUT2D eigenvalue weighted by atomic mass is 32.1. The maximum atomic E-state index is 2.47. The van der Waals surface area contributed by atoms with Gasteiger partial charge in [0.25, 0.3) is 0 Å². The molecule has 10 aromatic rings.